The van der Waals surface area contributed by atoms with Gasteiger partial charge in [-0.05, 0) is 71.5 Å². The second-order valence-electron chi connectivity index (χ2n) is 7.24. The first-order valence-electron chi connectivity index (χ1n) is 9.10. The van der Waals surface area contributed by atoms with E-state index in [-0.39, 0.29) is 18.1 Å². The van der Waals surface area contributed by atoms with E-state index in [0.717, 1.165) is 8.04 Å². The number of thiol groups is 1. The topological polar surface area (TPSA) is 84.9 Å². The molecule has 162 valence electrons. The number of halogens is 2. The van der Waals surface area contributed by atoms with Crippen LogP contribution in [0.1, 0.15) is 31.9 Å². The van der Waals surface area contributed by atoms with Crippen molar-refractivity contribution < 1.29 is 24.2 Å². The number of benzene rings is 2. The number of phenols is 1. The van der Waals surface area contributed by atoms with Crippen molar-refractivity contribution in [2.45, 2.75) is 26.4 Å². The first-order valence-corrected chi connectivity index (χ1v) is 11.6. The predicted molar refractivity (Wildman–Crippen MR) is 131 cm³/mol. The average molecular weight is 608 g/mol. The maximum Gasteiger partial charge on any atom is 0.412 e. The molecule has 0 aliphatic rings. The molecule has 0 aliphatic heterocycles. The van der Waals surface area contributed by atoms with Crippen molar-refractivity contribution in [3.63, 3.8) is 0 Å². The molecule has 0 radical (unpaired) electrons. The Bertz CT molecular complexity index is 891. The van der Waals surface area contributed by atoms with Crippen LogP contribution in [-0.2, 0) is 14.3 Å². The summed E-state index contributed by atoms with van der Waals surface area (Å²) in [6.45, 7) is 3.92. The summed E-state index contributed by atoms with van der Waals surface area (Å²) in [6, 6.07) is 12.2. The number of ether oxygens (including phenoxy) is 2. The fourth-order valence-corrected chi connectivity index (χ4v) is 3.64. The molecule has 0 saturated carbocycles. The lowest BCUT2D eigenvalue weighted by molar-refractivity contribution is -0.141. The van der Waals surface area contributed by atoms with Gasteiger partial charge in [-0.2, -0.15) is 12.6 Å². The number of rotatable bonds is 8. The van der Waals surface area contributed by atoms with E-state index in [1.54, 1.807) is 42.5 Å². The van der Waals surface area contributed by atoms with E-state index >= 15 is 0 Å². The van der Waals surface area contributed by atoms with Crippen molar-refractivity contribution >= 4 is 68.9 Å². The molecule has 2 N–H and O–H groups in total. The summed E-state index contributed by atoms with van der Waals surface area (Å²) in [5, 5.41) is 13.1. The molecular weight excluding hydrogens is 585 g/mol. The number of anilines is 1. The standard InChI is InChI=1S/C21H23BrINO5S/c1-21(2,9-10-28-18(26)12-30)19(16-11-14(23)5-8-17(16)25)29-20(27)24-15-6-3-13(22)4-7-15/h3-8,11,19,25,30H,9-10,12H2,1-2H3,(H,24,27)/t19-/m1/s1. The van der Waals surface area contributed by atoms with Gasteiger partial charge in [0.25, 0.3) is 0 Å². The van der Waals surface area contributed by atoms with E-state index in [2.05, 4.69) is 56.5 Å². The van der Waals surface area contributed by atoms with Crippen LogP contribution in [0.15, 0.2) is 46.9 Å². The molecule has 0 aliphatic carbocycles. The minimum Gasteiger partial charge on any atom is -0.508 e. The van der Waals surface area contributed by atoms with E-state index in [9.17, 15) is 14.7 Å². The van der Waals surface area contributed by atoms with Gasteiger partial charge in [0.2, 0.25) is 0 Å². The normalized spacial score (nSPS) is 12.2. The SMILES string of the molecule is CC(C)(CCOC(=O)CS)[C@H](OC(=O)Nc1ccc(Br)cc1)c1cc(I)ccc1O. The summed E-state index contributed by atoms with van der Waals surface area (Å²) in [6.07, 6.45) is -1.02. The Morgan fingerprint density at radius 2 is 1.90 bits per heavy atom. The number of hydrogen-bond donors (Lipinski definition) is 3. The molecule has 6 nitrogen and oxygen atoms in total. The highest BCUT2D eigenvalue weighted by molar-refractivity contribution is 14.1. The molecule has 0 aromatic heterocycles. The molecule has 2 rings (SSSR count). The Kier molecular flexibility index (Phi) is 9.30. The second kappa shape index (κ2) is 11.2. The van der Waals surface area contributed by atoms with Gasteiger partial charge in [-0.25, -0.2) is 4.79 Å². The largest absolute Gasteiger partial charge is 0.508 e. The van der Waals surface area contributed by atoms with Crippen LogP contribution in [0.4, 0.5) is 10.5 Å². The fraction of sp³-hybridized carbons (Fsp3) is 0.333. The van der Waals surface area contributed by atoms with Crippen molar-refractivity contribution in [3.05, 3.63) is 56.1 Å². The highest BCUT2D eigenvalue weighted by Gasteiger charge is 2.36. The summed E-state index contributed by atoms with van der Waals surface area (Å²) in [7, 11) is 0. The van der Waals surface area contributed by atoms with Gasteiger partial charge in [0.05, 0.1) is 12.4 Å². The van der Waals surface area contributed by atoms with E-state index in [1.165, 1.54) is 0 Å². The first-order chi connectivity index (χ1) is 14.1. The van der Waals surface area contributed by atoms with Crippen LogP contribution >= 0.6 is 51.1 Å². The third-order valence-electron chi connectivity index (χ3n) is 4.44. The number of esters is 1. The van der Waals surface area contributed by atoms with E-state index in [4.69, 9.17) is 9.47 Å². The smallest absolute Gasteiger partial charge is 0.412 e. The Labute approximate surface area is 203 Å². The highest BCUT2D eigenvalue weighted by atomic mass is 127. The molecule has 2 aromatic rings. The third kappa shape index (κ3) is 7.35. The Morgan fingerprint density at radius 1 is 1.23 bits per heavy atom. The highest BCUT2D eigenvalue weighted by Crippen LogP contribution is 2.43. The van der Waals surface area contributed by atoms with Gasteiger partial charge in [0, 0.05) is 24.7 Å². The van der Waals surface area contributed by atoms with Gasteiger partial charge in [0.1, 0.15) is 11.9 Å². The molecule has 2 aromatic carbocycles. The maximum atomic E-state index is 12.6. The molecule has 1 amide bonds. The molecule has 9 heteroatoms. The third-order valence-corrected chi connectivity index (χ3v) is 5.89. The Balaban J connectivity index is 2.24. The zero-order chi connectivity index (χ0) is 22.3. The van der Waals surface area contributed by atoms with Crippen molar-refractivity contribution in [1.29, 1.82) is 0 Å². The van der Waals surface area contributed by atoms with Crippen LogP contribution in [0, 0.1) is 8.99 Å². The minimum atomic E-state index is -0.780. The van der Waals surface area contributed by atoms with Crippen LogP contribution in [0.5, 0.6) is 5.75 Å². The average Bonchev–Trinajstić information content (AvgIpc) is 2.69. The first kappa shape index (κ1) is 24.8. The number of phenolic OH excluding ortho intramolecular Hbond substituents is 1. The number of amides is 1. The van der Waals surface area contributed by atoms with Gasteiger partial charge in [0.15, 0.2) is 0 Å². The Morgan fingerprint density at radius 3 is 2.53 bits per heavy atom. The van der Waals surface area contributed by atoms with Crippen molar-refractivity contribution in [1.82, 2.24) is 0 Å². The summed E-state index contributed by atoms with van der Waals surface area (Å²) in [5.41, 5.74) is 0.420. The molecule has 0 fully saturated rings. The van der Waals surface area contributed by atoms with E-state index in [0.29, 0.717) is 17.7 Å². The molecular formula is C21H23BrINO5S. The summed E-state index contributed by atoms with van der Waals surface area (Å²) in [5.74, 6) is -0.401. The molecule has 0 bridgehead atoms. The van der Waals surface area contributed by atoms with Gasteiger partial charge < -0.3 is 14.6 Å². The van der Waals surface area contributed by atoms with Crippen LogP contribution < -0.4 is 5.32 Å². The lowest BCUT2D eigenvalue weighted by Crippen LogP contribution is -2.30. The van der Waals surface area contributed by atoms with Crippen molar-refractivity contribution in [2.75, 3.05) is 17.7 Å². The monoisotopic (exact) mass is 607 g/mol. The minimum absolute atomic E-state index is 0.00633. The van der Waals surface area contributed by atoms with E-state index in [1.807, 2.05) is 13.8 Å². The van der Waals surface area contributed by atoms with Gasteiger partial charge in [-0.15, -0.1) is 0 Å². The number of nitrogens with one attached hydrogen (secondary N) is 1. The molecule has 0 saturated heterocycles. The molecule has 30 heavy (non-hydrogen) atoms. The van der Waals surface area contributed by atoms with Crippen molar-refractivity contribution in [3.8, 4) is 5.75 Å². The van der Waals surface area contributed by atoms with Crippen LogP contribution in [0.2, 0.25) is 0 Å². The molecule has 0 unspecified atom stereocenters. The van der Waals surface area contributed by atoms with Gasteiger partial charge >= 0.3 is 12.1 Å². The number of hydrogen-bond acceptors (Lipinski definition) is 6. The quantitative estimate of drug-likeness (QED) is 0.197. The zero-order valence-electron chi connectivity index (χ0n) is 16.5. The predicted octanol–water partition coefficient (Wildman–Crippen LogP) is 5.94. The van der Waals surface area contributed by atoms with Crippen LogP contribution in [-0.4, -0.2) is 29.5 Å². The molecule has 1 atom stereocenters. The summed E-state index contributed by atoms with van der Waals surface area (Å²) >= 11 is 9.37. The number of aromatic hydroxyl groups is 1. The van der Waals surface area contributed by atoms with Crippen LogP contribution in [0.25, 0.3) is 0 Å². The van der Waals surface area contributed by atoms with Gasteiger partial charge in [-0.1, -0.05) is 29.8 Å². The van der Waals surface area contributed by atoms with Gasteiger partial charge in [-0.3, -0.25) is 10.1 Å². The second-order valence-corrected chi connectivity index (χ2v) is 9.72. The summed E-state index contributed by atoms with van der Waals surface area (Å²) < 4.78 is 12.7. The zero-order valence-corrected chi connectivity index (χ0v) is 21.2. The lowest BCUT2D eigenvalue weighted by Gasteiger charge is -2.34. The fourth-order valence-electron chi connectivity index (χ4n) is 2.77. The summed E-state index contributed by atoms with van der Waals surface area (Å²) in [4.78, 5) is 24.0. The Hall–Kier alpha value is -1.46. The molecule has 0 heterocycles. The van der Waals surface area contributed by atoms with Crippen LogP contribution in [0.3, 0.4) is 0 Å². The lowest BCUT2D eigenvalue weighted by atomic mass is 9.79. The number of carbonyl (C=O) groups is 2. The van der Waals surface area contributed by atoms with Crippen molar-refractivity contribution in [2.24, 2.45) is 5.41 Å². The number of carbonyl (C=O) groups excluding carboxylic acids is 2. The van der Waals surface area contributed by atoms with E-state index < -0.39 is 23.6 Å². The molecule has 0 spiro atoms. The maximum absolute atomic E-state index is 12.6.